The first kappa shape index (κ1) is 15.8. The van der Waals surface area contributed by atoms with E-state index in [1.807, 2.05) is 0 Å². The third-order valence-corrected chi connectivity index (χ3v) is 3.91. The van der Waals surface area contributed by atoms with Crippen LogP contribution in [-0.4, -0.2) is 6.54 Å². The van der Waals surface area contributed by atoms with Crippen molar-refractivity contribution in [2.75, 3.05) is 11.9 Å². The molecule has 2 aromatic carbocycles. The minimum atomic E-state index is -0.324. The van der Waals surface area contributed by atoms with Crippen molar-refractivity contribution in [3.05, 3.63) is 63.4 Å². The van der Waals surface area contributed by atoms with Crippen LogP contribution in [0.25, 0.3) is 0 Å². The van der Waals surface area contributed by atoms with Crippen molar-refractivity contribution in [1.82, 2.24) is 0 Å². The Morgan fingerprint density at radius 3 is 2.33 bits per heavy atom. The van der Waals surface area contributed by atoms with Crippen LogP contribution < -0.4 is 11.1 Å². The highest BCUT2D eigenvalue weighted by Gasteiger charge is 2.16. The van der Waals surface area contributed by atoms with E-state index in [4.69, 9.17) is 17.3 Å². The third-order valence-electron chi connectivity index (χ3n) is 3.58. The summed E-state index contributed by atoms with van der Waals surface area (Å²) in [5.41, 5.74) is 11.2. The van der Waals surface area contributed by atoms with Crippen LogP contribution >= 0.6 is 11.6 Å². The van der Waals surface area contributed by atoms with Crippen molar-refractivity contribution in [3.8, 4) is 0 Å². The summed E-state index contributed by atoms with van der Waals surface area (Å²) in [6.45, 7) is 6.59. The lowest BCUT2D eigenvalue weighted by Crippen LogP contribution is -2.22. The number of hydrogen-bond acceptors (Lipinski definition) is 2. The number of nitrogens with one attached hydrogen (secondary N) is 1. The predicted octanol–water partition coefficient (Wildman–Crippen LogP) is 4.52. The number of rotatable bonds is 4. The maximum Gasteiger partial charge on any atom is 0.125 e. The second-order valence-electron chi connectivity index (χ2n) is 5.37. The Hall–Kier alpha value is -1.58. The molecule has 2 nitrogen and oxygen atoms in total. The lowest BCUT2D eigenvalue weighted by molar-refractivity contribution is 0.627. The molecule has 0 saturated heterocycles. The zero-order chi connectivity index (χ0) is 15.6. The Morgan fingerprint density at radius 2 is 1.76 bits per heavy atom. The first-order valence-electron chi connectivity index (χ1n) is 6.91. The second-order valence-corrected chi connectivity index (χ2v) is 5.78. The maximum atomic E-state index is 13.4. The fraction of sp³-hybridized carbons (Fsp3) is 0.294. The van der Waals surface area contributed by atoms with Gasteiger partial charge in [0.15, 0.2) is 0 Å². The van der Waals surface area contributed by atoms with Crippen molar-refractivity contribution >= 4 is 17.3 Å². The molecule has 2 aromatic rings. The molecule has 0 aromatic heterocycles. The van der Waals surface area contributed by atoms with Gasteiger partial charge in [0.25, 0.3) is 0 Å². The van der Waals surface area contributed by atoms with Crippen LogP contribution in [0.15, 0.2) is 30.3 Å². The van der Waals surface area contributed by atoms with Gasteiger partial charge in [-0.1, -0.05) is 29.3 Å². The van der Waals surface area contributed by atoms with Crippen LogP contribution in [0.3, 0.4) is 0 Å². The molecule has 0 aliphatic rings. The molecule has 0 saturated carbocycles. The number of aryl methyl sites for hydroxylation is 3. The number of benzene rings is 2. The summed E-state index contributed by atoms with van der Waals surface area (Å²) >= 11 is 6.12. The van der Waals surface area contributed by atoms with Gasteiger partial charge in [-0.15, -0.1) is 0 Å². The van der Waals surface area contributed by atoms with Gasteiger partial charge in [-0.25, -0.2) is 4.39 Å². The molecule has 3 N–H and O–H groups in total. The smallest absolute Gasteiger partial charge is 0.125 e. The zero-order valence-corrected chi connectivity index (χ0v) is 13.3. The molecule has 4 heteroatoms. The van der Waals surface area contributed by atoms with Crippen LogP contribution in [-0.2, 0) is 0 Å². The van der Waals surface area contributed by atoms with E-state index in [9.17, 15) is 4.39 Å². The fourth-order valence-electron chi connectivity index (χ4n) is 2.79. The van der Waals surface area contributed by atoms with E-state index in [0.29, 0.717) is 17.3 Å². The van der Waals surface area contributed by atoms with Crippen LogP contribution in [0.5, 0.6) is 0 Å². The largest absolute Gasteiger partial charge is 0.376 e. The van der Waals surface area contributed by atoms with E-state index in [0.717, 1.165) is 5.56 Å². The van der Waals surface area contributed by atoms with E-state index in [1.54, 1.807) is 6.07 Å². The van der Waals surface area contributed by atoms with Gasteiger partial charge in [0.05, 0.1) is 16.8 Å². The Balaban J connectivity index is 2.39. The van der Waals surface area contributed by atoms with Gasteiger partial charge >= 0.3 is 0 Å². The molecule has 112 valence electrons. The molecule has 0 amide bonds. The summed E-state index contributed by atoms with van der Waals surface area (Å²) in [6, 6.07) is 8.42. The molecular weight excluding hydrogens is 287 g/mol. The quantitative estimate of drug-likeness (QED) is 0.872. The molecule has 0 fully saturated rings. The number of hydrogen-bond donors (Lipinski definition) is 2. The minimum Gasteiger partial charge on any atom is -0.376 e. The minimum absolute atomic E-state index is 0.107. The lowest BCUT2D eigenvalue weighted by Gasteiger charge is -2.23. The Labute approximate surface area is 130 Å². The van der Waals surface area contributed by atoms with Gasteiger partial charge in [-0.05, 0) is 55.7 Å². The molecule has 21 heavy (non-hydrogen) atoms. The Morgan fingerprint density at radius 1 is 1.14 bits per heavy atom. The van der Waals surface area contributed by atoms with Crippen molar-refractivity contribution in [2.24, 2.45) is 5.73 Å². The average Bonchev–Trinajstić information content (AvgIpc) is 2.40. The molecule has 0 spiro atoms. The predicted molar refractivity (Wildman–Crippen MR) is 87.5 cm³/mol. The Kier molecular flexibility index (Phi) is 4.86. The molecule has 0 radical (unpaired) electrons. The summed E-state index contributed by atoms with van der Waals surface area (Å²) < 4.78 is 13.4. The maximum absolute atomic E-state index is 13.4. The van der Waals surface area contributed by atoms with Gasteiger partial charge in [0.1, 0.15) is 5.82 Å². The van der Waals surface area contributed by atoms with Crippen molar-refractivity contribution in [3.63, 3.8) is 0 Å². The van der Waals surface area contributed by atoms with Crippen molar-refractivity contribution < 1.29 is 4.39 Å². The fourth-order valence-corrected chi connectivity index (χ4v) is 2.96. The highest BCUT2D eigenvalue weighted by atomic mass is 35.5. The topological polar surface area (TPSA) is 38.0 Å². The highest BCUT2D eigenvalue weighted by molar-refractivity contribution is 6.33. The average molecular weight is 307 g/mol. The normalized spacial score (nSPS) is 12.3. The lowest BCUT2D eigenvalue weighted by atomic mass is 9.94. The van der Waals surface area contributed by atoms with Gasteiger partial charge < -0.3 is 11.1 Å². The van der Waals surface area contributed by atoms with Crippen molar-refractivity contribution in [2.45, 2.75) is 26.8 Å². The highest BCUT2D eigenvalue weighted by Crippen LogP contribution is 2.30. The summed E-state index contributed by atoms with van der Waals surface area (Å²) in [4.78, 5) is 0. The first-order valence-corrected chi connectivity index (χ1v) is 7.29. The van der Waals surface area contributed by atoms with E-state index < -0.39 is 0 Å². The zero-order valence-electron chi connectivity index (χ0n) is 12.5. The molecule has 0 aliphatic carbocycles. The first-order chi connectivity index (χ1) is 9.92. The van der Waals surface area contributed by atoms with E-state index in [1.165, 1.54) is 28.8 Å². The van der Waals surface area contributed by atoms with Crippen LogP contribution in [0, 0.1) is 26.6 Å². The molecule has 0 heterocycles. The van der Waals surface area contributed by atoms with Crippen LogP contribution in [0.1, 0.15) is 28.3 Å². The van der Waals surface area contributed by atoms with E-state index in [-0.39, 0.29) is 11.9 Å². The van der Waals surface area contributed by atoms with Gasteiger partial charge in [-0.2, -0.15) is 0 Å². The summed E-state index contributed by atoms with van der Waals surface area (Å²) in [7, 11) is 0. The molecule has 0 bridgehead atoms. The second kappa shape index (κ2) is 6.46. The standard InChI is InChI=1S/C17H20ClFN2/c1-10-6-11(2)17(12(3)7-10)16(9-20)21-15-8-13(19)4-5-14(15)18/h4-8,16,21H,9,20H2,1-3H3. The van der Waals surface area contributed by atoms with E-state index in [2.05, 4.69) is 38.2 Å². The number of halogens is 2. The van der Waals surface area contributed by atoms with Crippen LogP contribution in [0.4, 0.5) is 10.1 Å². The third kappa shape index (κ3) is 3.55. The Bertz CT molecular complexity index is 632. The summed E-state index contributed by atoms with van der Waals surface area (Å²) in [5.74, 6) is -0.324. The summed E-state index contributed by atoms with van der Waals surface area (Å²) in [5, 5.41) is 3.74. The number of nitrogens with two attached hydrogens (primary N) is 1. The summed E-state index contributed by atoms with van der Waals surface area (Å²) in [6.07, 6.45) is 0. The van der Waals surface area contributed by atoms with E-state index >= 15 is 0 Å². The SMILES string of the molecule is Cc1cc(C)c(C(CN)Nc2cc(F)ccc2Cl)c(C)c1. The van der Waals surface area contributed by atoms with Crippen molar-refractivity contribution in [1.29, 1.82) is 0 Å². The number of anilines is 1. The van der Waals surface area contributed by atoms with Crippen LogP contribution in [0.2, 0.25) is 5.02 Å². The van der Waals surface area contributed by atoms with Gasteiger partial charge in [-0.3, -0.25) is 0 Å². The van der Waals surface area contributed by atoms with Gasteiger partial charge in [0, 0.05) is 6.54 Å². The van der Waals surface area contributed by atoms with Gasteiger partial charge in [0.2, 0.25) is 0 Å². The monoisotopic (exact) mass is 306 g/mol. The molecular formula is C17H20ClFN2. The molecule has 0 aliphatic heterocycles. The molecule has 1 atom stereocenters. The molecule has 2 rings (SSSR count). The molecule has 1 unspecified atom stereocenters.